The Kier molecular flexibility index (Phi) is 7.29. The Balaban J connectivity index is 0.00000243. The molecule has 26 heavy (non-hydrogen) atoms. The zero-order valence-electron chi connectivity index (χ0n) is 14.7. The summed E-state index contributed by atoms with van der Waals surface area (Å²) < 4.78 is 10.4. The molecule has 3 N–H and O–H groups in total. The van der Waals surface area contributed by atoms with E-state index in [0.29, 0.717) is 23.9 Å². The number of ether oxygens (including phenoxy) is 1. The molecular weight excluding hydrogens is 358 g/mol. The molecule has 1 aliphatic rings. The van der Waals surface area contributed by atoms with Gasteiger partial charge in [-0.25, -0.2) is 4.79 Å². The Hall–Kier alpha value is -2.25. The van der Waals surface area contributed by atoms with Crippen LogP contribution in [0.2, 0.25) is 0 Å². The minimum Gasteiger partial charge on any atom is -0.497 e. The lowest BCUT2D eigenvalue weighted by molar-refractivity contribution is 0.0698. The highest BCUT2D eigenvalue weighted by atomic mass is 35.5. The average molecular weight is 382 g/mol. The van der Waals surface area contributed by atoms with Gasteiger partial charge in [0.05, 0.1) is 7.11 Å². The maximum absolute atomic E-state index is 11.7. The molecule has 0 bridgehead atoms. The molecule has 1 aromatic carbocycles. The van der Waals surface area contributed by atoms with Crippen molar-refractivity contribution >= 4 is 24.2 Å². The number of halogens is 1. The van der Waals surface area contributed by atoms with Crippen LogP contribution in [-0.4, -0.2) is 42.5 Å². The molecule has 1 fully saturated rings. The molecule has 1 aromatic heterocycles. The van der Waals surface area contributed by atoms with Crippen LogP contribution in [0, 0.1) is 0 Å². The molecule has 8 heteroatoms. The van der Waals surface area contributed by atoms with Crippen LogP contribution in [0.1, 0.15) is 36.0 Å². The molecule has 1 unspecified atom stereocenters. The van der Waals surface area contributed by atoms with E-state index in [4.69, 9.17) is 9.26 Å². The van der Waals surface area contributed by atoms with Gasteiger partial charge in [0.2, 0.25) is 0 Å². The van der Waals surface area contributed by atoms with E-state index >= 15 is 0 Å². The van der Waals surface area contributed by atoms with Gasteiger partial charge in [-0.05, 0) is 43.7 Å². The van der Waals surface area contributed by atoms with E-state index in [0.717, 1.165) is 13.0 Å². The van der Waals surface area contributed by atoms with Crippen molar-refractivity contribution in [2.75, 3.05) is 25.5 Å². The number of carboxylic acids is 1. The molecule has 2 aromatic rings. The normalized spacial score (nSPS) is 17.0. The van der Waals surface area contributed by atoms with Crippen LogP contribution in [-0.2, 0) is 0 Å². The number of aromatic nitrogens is 1. The monoisotopic (exact) mass is 381 g/mol. The second-order valence-electron chi connectivity index (χ2n) is 6.15. The van der Waals surface area contributed by atoms with Gasteiger partial charge in [0, 0.05) is 18.2 Å². The molecule has 1 atom stereocenters. The van der Waals surface area contributed by atoms with E-state index in [-0.39, 0.29) is 29.5 Å². The van der Waals surface area contributed by atoms with E-state index in [2.05, 4.69) is 15.8 Å². The second kappa shape index (κ2) is 9.45. The first kappa shape index (κ1) is 20.1. The molecule has 3 rings (SSSR count). The van der Waals surface area contributed by atoms with Gasteiger partial charge in [-0.1, -0.05) is 18.0 Å². The summed E-state index contributed by atoms with van der Waals surface area (Å²) in [7, 11) is 1.58. The van der Waals surface area contributed by atoms with Gasteiger partial charge in [-0.15, -0.1) is 12.4 Å². The summed E-state index contributed by atoms with van der Waals surface area (Å²) in [4.78, 5) is 11.7. The van der Waals surface area contributed by atoms with E-state index in [1.54, 1.807) is 31.4 Å². The fourth-order valence-electron chi connectivity index (χ4n) is 3.04. The first-order valence-corrected chi connectivity index (χ1v) is 8.53. The van der Waals surface area contributed by atoms with Crippen molar-refractivity contribution in [3.8, 4) is 17.1 Å². The standard InChI is InChI=1S/C18H23N3O4.ClH/c1-24-14-8-6-12(7-9-14)16-15(18(22)23)17(21-25-16)20-11-13-5-3-2-4-10-19-13;/h6-9,13,19H,2-5,10-11H2,1H3,(H,20,21)(H,22,23);1H. The predicted molar refractivity (Wildman–Crippen MR) is 101 cm³/mol. The van der Waals surface area contributed by atoms with Crippen LogP contribution >= 0.6 is 12.4 Å². The lowest BCUT2D eigenvalue weighted by Gasteiger charge is -2.16. The lowest BCUT2D eigenvalue weighted by atomic mass is 10.1. The summed E-state index contributed by atoms with van der Waals surface area (Å²) in [5.41, 5.74) is 0.699. The zero-order chi connectivity index (χ0) is 17.6. The first-order chi connectivity index (χ1) is 12.2. The van der Waals surface area contributed by atoms with Gasteiger partial charge in [0.15, 0.2) is 17.1 Å². The van der Waals surface area contributed by atoms with Gasteiger partial charge in [0.25, 0.3) is 0 Å². The van der Waals surface area contributed by atoms with Gasteiger partial charge < -0.3 is 25.0 Å². The van der Waals surface area contributed by atoms with Crippen molar-refractivity contribution in [2.24, 2.45) is 0 Å². The smallest absolute Gasteiger partial charge is 0.343 e. The van der Waals surface area contributed by atoms with Crippen LogP contribution < -0.4 is 15.4 Å². The van der Waals surface area contributed by atoms with Crippen molar-refractivity contribution in [1.82, 2.24) is 10.5 Å². The number of nitrogens with zero attached hydrogens (tertiary/aromatic N) is 1. The van der Waals surface area contributed by atoms with Gasteiger partial charge in [-0.2, -0.15) is 0 Å². The summed E-state index contributed by atoms with van der Waals surface area (Å²) in [6, 6.07) is 7.33. The molecule has 2 heterocycles. The number of hydrogen-bond donors (Lipinski definition) is 3. The number of carbonyl (C=O) groups is 1. The SMILES string of the molecule is COc1ccc(-c2onc(NCC3CCCCCN3)c2C(=O)O)cc1.Cl. The Labute approximate surface area is 158 Å². The molecule has 0 aliphatic carbocycles. The van der Waals surface area contributed by atoms with Crippen molar-refractivity contribution < 1.29 is 19.2 Å². The first-order valence-electron chi connectivity index (χ1n) is 8.53. The van der Waals surface area contributed by atoms with Crippen LogP contribution in [0.15, 0.2) is 28.8 Å². The Morgan fingerprint density at radius 1 is 1.35 bits per heavy atom. The third-order valence-electron chi connectivity index (χ3n) is 4.44. The summed E-state index contributed by atoms with van der Waals surface area (Å²) in [6.07, 6.45) is 4.66. The predicted octanol–water partition coefficient (Wildman–Crippen LogP) is 3.41. The maximum atomic E-state index is 11.7. The fraction of sp³-hybridized carbons (Fsp3) is 0.444. The van der Waals surface area contributed by atoms with E-state index < -0.39 is 5.97 Å². The highest BCUT2D eigenvalue weighted by Gasteiger charge is 2.24. The second-order valence-corrected chi connectivity index (χ2v) is 6.15. The maximum Gasteiger partial charge on any atom is 0.343 e. The molecule has 7 nitrogen and oxygen atoms in total. The minimum absolute atomic E-state index is 0. The van der Waals surface area contributed by atoms with Crippen LogP contribution in [0.4, 0.5) is 5.82 Å². The molecule has 1 aliphatic heterocycles. The molecular formula is C18H24ClN3O4. The number of carboxylic acid groups (broad SMARTS) is 1. The van der Waals surface area contributed by atoms with E-state index in [1.807, 2.05) is 0 Å². The van der Waals surface area contributed by atoms with Gasteiger partial charge in [0.1, 0.15) is 5.75 Å². The van der Waals surface area contributed by atoms with Crippen LogP contribution in [0.3, 0.4) is 0 Å². The summed E-state index contributed by atoms with van der Waals surface area (Å²) >= 11 is 0. The average Bonchev–Trinajstić information content (AvgIpc) is 2.88. The largest absolute Gasteiger partial charge is 0.497 e. The molecule has 1 saturated heterocycles. The Bertz CT molecular complexity index is 710. The molecule has 0 spiro atoms. The third-order valence-corrected chi connectivity index (χ3v) is 4.44. The molecule has 0 saturated carbocycles. The van der Waals surface area contributed by atoms with Crippen molar-refractivity contribution in [3.63, 3.8) is 0 Å². The molecule has 0 radical (unpaired) electrons. The quantitative estimate of drug-likeness (QED) is 0.705. The van der Waals surface area contributed by atoms with Crippen LogP contribution in [0.25, 0.3) is 11.3 Å². The topological polar surface area (TPSA) is 96.6 Å². The van der Waals surface area contributed by atoms with Crippen LogP contribution in [0.5, 0.6) is 5.75 Å². The number of methoxy groups -OCH3 is 1. The fourth-order valence-corrected chi connectivity index (χ4v) is 3.04. The van der Waals surface area contributed by atoms with Gasteiger partial charge >= 0.3 is 5.97 Å². The van der Waals surface area contributed by atoms with Crippen molar-refractivity contribution in [1.29, 1.82) is 0 Å². The zero-order valence-corrected chi connectivity index (χ0v) is 15.5. The summed E-state index contributed by atoms with van der Waals surface area (Å²) in [6.45, 7) is 1.61. The minimum atomic E-state index is -1.07. The lowest BCUT2D eigenvalue weighted by Crippen LogP contribution is -2.34. The molecule has 0 amide bonds. The number of anilines is 1. The number of hydrogen-bond acceptors (Lipinski definition) is 6. The Morgan fingerprint density at radius 3 is 2.81 bits per heavy atom. The highest BCUT2D eigenvalue weighted by molar-refractivity contribution is 5.99. The third kappa shape index (κ3) is 4.68. The number of aromatic carboxylic acids is 1. The summed E-state index contributed by atoms with van der Waals surface area (Å²) in [5, 5.41) is 20.1. The highest BCUT2D eigenvalue weighted by Crippen LogP contribution is 2.30. The van der Waals surface area contributed by atoms with Gasteiger partial charge in [-0.3, -0.25) is 0 Å². The van der Waals surface area contributed by atoms with E-state index in [9.17, 15) is 9.90 Å². The van der Waals surface area contributed by atoms with Crippen molar-refractivity contribution in [3.05, 3.63) is 29.8 Å². The molecule has 142 valence electrons. The summed E-state index contributed by atoms with van der Waals surface area (Å²) in [5.74, 6) is 0.136. The number of rotatable bonds is 6. The Morgan fingerprint density at radius 2 is 2.12 bits per heavy atom. The van der Waals surface area contributed by atoms with Crippen molar-refractivity contribution in [2.45, 2.75) is 31.7 Å². The number of nitrogens with one attached hydrogen (secondary N) is 2. The van der Waals surface area contributed by atoms with E-state index in [1.165, 1.54) is 19.3 Å². The number of benzene rings is 1.